The van der Waals surface area contributed by atoms with E-state index in [1.165, 1.54) is 31.2 Å². The second-order valence-electron chi connectivity index (χ2n) is 4.38. The Morgan fingerprint density at radius 1 is 1.00 bits per heavy atom. The van der Waals surface area contributed by atoms with Crippen LogP contribution in [0.25, 0.3) is 6.08 Å². The van der Waals surface area contributed by atoms with Gasteiger partial charge in [0.2, 0.25) is 0 Å². The first-order chi connectivity index (χ1) is 8.36. The zero-order chi connectivity index (χ0) is 12.3. The summed E-state index contributed by atoms with van der Waals surface area (Å²) >= 11 is 0. The summed E-state index contributed by atoms with van der Waals surface area (Å²) in [6.45, 7) is 6.72. The molecule has 93 valence electrons. The van der Waals surface area contributed by atoms with Crippen LogP contribution in [-0.2, 0) is 0 Å². The molecule has 0 heterocycles. The highest BCUT2D eigenvalue weighted by Gasteiger charge is 1.98. The van der Waals surface area contributed by atoms with Crippen LogP contribution < -0.4 is 0 Å². The Hall–Kier alpha value is -1.24. The highest BCUT2D eigenvalue weighted by atomic mass is 15.1. The molecule has 1 rings (SSSR count). The van der Waals surface area contributed by atoms with E-state index < -0.39 is 0 Å². The molecular formula is C16H24N. The Labute approximate surface area is 106 Å². The van der Waals surface area contributed by atoms with Gasteiger partial charge in [-0.3, -0.25) is 0 Å². The van der Waals surface area contributed by atoms with Gasteiger partial charge in [0.25, 0.3) is 0 Å². The van der Waals surface area contributed by atoms with Crippen LogP contribution in [0.15, 0.2) is 30.3 Å². The van der Waals surface area contributed by atoms with Crippen LogP contribution in [0.4, 0.5) is 0 Å². The van der Waals surface area contributed by atoms with Crippen LogP contribution in [0.2, 0.25) is 0 Å². The number of unbranched alkanes of at least 4 members (excludes halogenated alkanes) is 2. The molecule has 0 aliphatic heterocycles. The Kier molecular flexibility index (Phi) is 7.20. The molecule has 17 heavy (non-hydrogen) atoms. The minimum Gasteiger partial charge on any atom is -0.370 e. The molecule has 0 aliphatic carbocycles. The summed E-state index contributed by atoms with van der Waals surface area (Å²) < 4.78 is 0. The van der Waals surface area contributed by atoms with Gasteiger partial charge in [-0.15, -0.1) is 0 Å². The number of nitrogens with zero attached hydrogens (tertiary/aromatic N) is 1. The first-order valence-corrected chi connectivity index (χ1v) is 6.76. The minimum atomic E-state index is 1.12. The van der Waals surface area contributed by atoms with Gasteiger partial charge in [0.15, 0.2) is 0 Å². The van der Waals surface area contributed by atoms with E-state index in [0.29, 0.717) is 0 Å². The molecule has 1 heteroatoms. The first kappa shape index (κ1) is 13.8. The fraction of sp³-hybridized carbons (Fsp3) is 0.500. The lowest BCUT2D eigenvalue weighted by Crippen LogP contribution is -2.20. The van der Waals surface area contributed by atoms with E-state index in [2.05, 4.69) is 55.3 Å². The van der Waals surface area contributed by atoms with E-state index in [-0.39, 0.29) is 0 Å². The normalized spacial score (nSPS) is 10.9. The van der Waals surface area contributed by atoms with Crippen molar-refractivity contribution in [3.8, 4) is 0 Å². The van der Waals surface area contributed by atoms with Crippen molar-refractivity contribution in [2.24, 2.45) is 0 Å². The van der Waals surface area contributed by atoms with Crippen molar-refractivity contribution in [3.05, 3.63) is 42.1 Å². The molecule has 0 unspecified atom stereocenters. The van der Waals surface area contributed by atoms with Gasteiger partial charge in [0.1, 0.15) is 0 Å². The Bertz CT molecular complexity index is 295. The zero-order valence-corrected chi connectivity index (χ0v) is 11.2. The van der Waals surface area contributed by atoms with Crippen LogP contribution >= 0.6 is 0 Å². The van der Waals surface area contributed by atoms with Crippen molar-refractivity contribution in [2.45, 2.75) is 39.5 Å². The van der Waals surface area contributed by atoms with Crippen molar-refractivity contribution in [2.75, 3.05) is 13.1 Å². The third-order valence-corrected chi connectivity index (χ3v) is 2.78. The standard InChI is InChI=1S/C16H24N/c1-3-5-13-17(14-6-4-2)15-12-16-10-8-7-9-11-16/h7-12H,3-6,13-14H2,1-2H3. The molecule has 1 radical (unpaired) electrons. The molecule has 0 fully saturated rings. The monoisotopic (exact) mass is 230 g/mol. The summed E-state index contributed by atoms with van der Waals surface area (Å²) in [6.07, 6.45) is 10.5. The highest BCUT2D eigenvalue weighted by molar-refractivity contribution is 5.46. The Balaban J connectivity index is 2.49. The van der Waals surface area contributed by atoms with Gasteiger partial charge in [-0.2, -0.15) is 0 Å². The molecule has 0 aromatic heterocycles. The van der Waals surface area contributed by atoms with Crippen molar-refractivity contribution < 1.29 is 0 Å². The third-order valence-electron chi connectivity index (χ3n) is 2.78. The van der Waals surface area contributed by atoms with Crippen LogP contribution in [0.3, 0.4) is 0 Å². The molecule has 1 aromatic carbocycles. The zero-order valence-electron chi connectivity index (χ0n) is 11.2. The predicted molar refractivity (Wildman–Crippen MR) is 75.5 cm³/mol. The largest absolute Gasteiger partial charge is 0.370 e. The Morgan fingerprint density at radius 2 is 1.59 bits per heavy atom. The molecule has 0 bridgehead atoms. The van der Waals surface area contributed by atoms with E-state index in [9.17, 15) is 0 Å². The van der Waals surface area contributed by atoms with E-state index >= 15 is 0 Å². The SMILES string of the molecule is CCCCN(/[C]=C/c1ccccc1)CCCC. The average molecular weight is 230 g/mol. The van der Waals surface area contributed by atoms with E-state index in [0.717, 1.165) is 13.1 Å². The fourth-order valence-corrected chi connectivity index (χ4v) is 1.65. The average Bonchev–Trinajstić information content (AvgIpc) is 2.39. The molecule has 0 aliphatic rings. The minimum absolute atomic E-state index is 1.12. The molecule has 0 spiro atoms. The van der Waals surface area contributed by atoms with Crippen molar-refractivity contribution in [3.63, 3.8) is 0 Å². The quantitative estimate of drug-likeness (QED) is 0.600. The fourth-order valence-electron chi connectivity index (χ4n) is 1.65. The van der Waals surface area contributed by atoms with E-state index in [1.54, 1.807) is 0 Å². The van der Waals surface area contributed by atoms with Crippen molar-refractivity contribution in [1.29, 1.82) is 0 Å². The first-order valence-electron chi connectivity index (χ1n) is 6.76. The second kappa shape index (κ2) is 8.86. The second-order valence-corrected chi connectivity index (χ2v) is 4.38. The molecular weight excluding hydrogens is 206 g/mol. The highest BCUT2D eigenvalue weighted by Crippen LogP contribution is 2.04. The maximum Gasteiger partial charge on any atom is 0.0610 e. The Morgan fingerprint density at radius 3 is 2.12 bits per heavy atom. The smallest absolute Gasteiger partial charge is 0.0610 e. The molecule has 1 aromatic rings. The van der Waals surface area contributed by atoms with Gasteiger partial charge < -0.3 is 4.90 Å². The summed E-state index contributed by atoms with van der Waals surface area (Å²) in [7, 11) is 0. The number of rotatable bonds is 8. The van der Waals surface area contributed by atoms with Gasteiger partial charge in [-0.05, 0) is 24.5 Å². The molecule has 1 nitrogen and oxygen atoms in total. The van der Waals surface area contributed by atoms with Crippen LogP contribution in [0.1, 0.15) is 45.1 Å². The summed E-state index contributed by atoms with van der Waals surface area (Å²) in [4.78, 5) is 2.32. The number of benzene rings is 1. The molecule has 0 saturated carbocycles. The molecule has 0 amide bonds. The molecule has 0 saturated heterocycles. The van der Waals surface area contributed by atoms with Crippen LogP contribution in [0, 0.1) is 6.20 Å². The summed E-state index contributed by atoms with van der Waals surface area (Å²) in [5, 5.41) is 0. The maximum atomic E-state index is 3.41. The molecule has 0 atom stereocenters. The van der Waals surface area contributed by atoms with Crippen LogP contribution in [0.5, 0.6) is 0 Å². The summed E-state index contributed by atoms with van der Waals surface area (Å²) in [6, 6.07) is 10.4. The van der Waals surface area contributed by atoms with Gasteiger partial charge in [-0.25, -0.2) is 0 Å². The molecule has 0 N–H and O–H groups in total. The lowest BCUT2D eigenvalue weighted by molar-refractivity contribution is 0.347. The summed E-state index contributed by atoms with van der Waals surface area (Å²) in [5.41, 5.74) is 1.23. The van der Waals surface area contributed by atoms with Gasteiger partial charge in [0.05, 0.1) is 6.20 Å². The third kappa shape index (κ3) is 6.15. The summed E-state index contributed by atoms with van der Waals surface area (Å²) in [5.74, 6) is 0. The topological polar surface area (TPSA) is 3.24 Å². The van der Waals surface area contributed by atoms with Gasteiger partial charge in [0, 0.05) is 13.1 Å². The van der Waals surface area contributed by atoms with Crippen LogP contribution in [-0.4, -0.2) is 18.0 Å². The predicted octanol–water partition coefficient (Wildman–Crippen LogP) is 4.36. The van der Waals surface area contributed by atoms with Crippen molar-refractivity contribution in [1.82, 2.24) is 4.90 Å². The van der Waals surface area contributed by atoms with Crippen molar-refractivity contribution >= 4 is 6.08 Å². The lowest BCUT2D eigenvalue weighted by Gasteiger charge is -2.18. The van der Waals surface area contributed by atoms with Gasteiger partial charge in [-0.1, -0.05) is 57.0 Å². The number of hydrogen-bond donors (Lipinski definition) is 0. The van der Waals surface area contributed by atoms with Gasteiger partial charge >= 0.3 is 0 Å². The number of hydrogen-bond acceptors (Lipinski definition) is 1. The lowest BCUT2D eigenvalue weighted by atomic mass is 10.2. The maximum absolute atomic E-state index is 3.41. The van der Waals surface area contributed by atoms with E-state index in [4.69, 9.17) is 0 Å². The van der Waals surface area contributed by atoms with E-state index in [1.807, 2.05) is 6.07 Å².